The number of hydrogen-bond donors (Lipinski definition) is 0. The van der Waals surface area contributed by atoms with Crippen molar-refractivity contribution < 1.29 is 28.6 Å². The number of esters is 3. The van der Waals surface area contributed by atoms with Crippen molar-refractivity contribution in [3.8, 4) is 0 Å². The van der Waals surface area contributed by atoms with E-state index in [1.807, 2.05) is 0 Å². The van der Waals surface area contributed by atoms with Crippen molar-refractivity contribution >= 4 is 17.9 Å². The number of ether oxygens (including phenoxy) is 3. The maximum Gasteiger partial charge on any atom is 0.306 e. The summed E-state index contributed by atoms with van der Waals surface area (Å²) in [5.74, 6) is 0.804. The lowest BCUT2D eigenvalue weighted by Gasteiger charge is -2.18. The molecule has 54 heavy (non-hydrogen) atoms. The zero-order valence-electron chi connectivity index (χ0n) is 36.8. The highest BCUT2D eigenvalue weighted by Crippen LogP contribution is 2.17. The summed E-state index contributed by atoms with van der Waals surface area (Å²) >= 11 is 0. The van der Waals surface area contributed by atoms with E-state index in [-0.39, 0.29) is 31.1 Å². The third kappa shape index (κ3) is 38.7. The van der Waals surface area contributed by atoms with Crippen LogP contribution in [0.3, 0.4) is 0 Å². The summed E-state index contributed by atoms with van der Waals surface area (Å²) in [6.07, 6.45) is 39.4. The van der Waals surface area contributed by atoms with E-state index in [0.717, 1.165) is 69.6 Å². The molecule has 6 nitrogen and oxygen atoms in total. The Morgan fingerprint density at radius 3 is 0.963 bits per heavy atom. The molecule has 0 aromatic heterocycles. The summed E-state index contributed by atoms with van der Waals surface area (Å²) in [4.78, 5) is 37.8. The molecule has 0 aromatic carbocycles. The number of hydrogen-bond acceptors (Lipinski definition) is 6. The van der Waals surface area contributed by atoms with Crippen LogP contribution in [0.25, 0.3) is 0 Å². The smallest absolute Gasteiger partial charge is 0.306 e. The summed E-state index contributed by atoms with van der Waals surface area (Å²) in [6.45, 7) is 11.3. The van der Waals surface area contributed by atoms with Crippen molar-refractivity contribution in [3.63, 3.8) is 0 Å². The third-order valence-corrected chi connectivity index (χ3v) is 11.4. The highest BCUT2D eigenvalue weighted by Gasteiger charge is 2.19. The first-order valence-corrected chi connectivity index (χ1v) is 23.8. The van der Waals surface area contributed by atoms with Crippen LogP contribution in [0.4, 0.5) is 0 Å². The van der Waals surface area contributed by atoms with Crippen molar-refractivity contribution in [2.45, 2.75) is 265 Å². The molecule has 0 spiro atoms. The predicted octanol–water partition coefficient (Wildman–Crippen LogP) is 15.0. The second-order valence-corrected chi connectivity index (χ2v) is 16.9. The van der Waals surface area contributed by atoms with E-state index in [1.54, 1.807) is 0 Å². The highest BCUT2D eigenvalue weighted by atomic mass is 16.6. The van der Waals surface area contributed by atoms with Crippen LogP contribution in [0.1, 0.15) is 259 Å². The van der Waals surface area contributed by atoms with E-state index in [9.17, 15) is 14.4 Å². The van der Waals surface area contributed by atoms with E-state index in [4.69, 9.17) is 14.2 Å². The fourth-order valence-electron chi connectivity index (χ4n) is 7.04. The van der Waals surface area contributed by atoms with Crippen LogP contribution < -0.4 is 0 Å². The van der Waals surface area contributed by atoms with Crippen LogP contribution in [0.15, 0.2) is 0 Å². The van der Waals surface area contributed by atoms with Gasteiger partial charge in [-0.3, -0.25) is 14.4 Å². The molecule has 320 valence electrons. The lowest BCUT2D eigenvalue weighted by Crippen LogP contribution is -2.30. The lowest BCUT2D eigenvalue weighted by molar-refractivity contribution is -0.167. The Morgan fingerprint density at radius 1 is 0.370 bits per heavy atom. The number of carbonyl (C=O) groups excluding carboxylic acids is 3. The topological polar surface area (TPSA) is 78.9 Å². The molecule has 0 saturated heterocycles. The molecule has 2 unspecified atom stereocenters. The van der Waals surface area contributed by atoms with Gasteiger partial charge in [0, 0.05) is 19.3 Å². The van der Waals surface area contributed by atoms with Gasteiger partial charge in [0.25, 0.3) is 0 Å². The summed E-state index contributed by atoms with van der Waals surface area (Å²) in [5.41, 5.74) is 0. The Labute approximate surface area is 336 Å². The van der Waals surface area contributed by atoms with Gasteiger partial charge in [0.05, 0.1) is 0 Å². The largest absolute Gasteiger partial charge is 0.462 e. The summed E-state index contributed by atoms with van der Waals surface area (Å²) in [6, 6.07) is 0. The molecule has 0 aliphatic carbocycles. The van der Waals surface area contributed by atoms with Crippen molar-refractivity contribution in [3.05, 3.63) is 0 Å². The molecule has 0 saturated carbocycles. The second-order valence-electron chi connectivity index (χ2n) is 16.9. The average Bonchev–Trinajstić information content (AvgIpc) is 3.17. The van der Waals surface area contributed by atoms with Gasteiger partial charge in [-0.2, -0.15) is 0 Å². The van der Waals surface area contributed by atoms with Gasteiger partial charge in [-0.25, -0.2) is 0 Å². The predicted molar refractivity (Wildman–Crippen MR) is 229 cm³/mol. The van der Waals surface area contributed by atoms with Gasteiger partial charge in [0.2, 0.25) is 0 Å². The van der Waals surface area contributed by atoms with Gasteiger partial charge in [-0.05, 0) is 31.1 Å². The van der Waals surface area contributed by atoms with E-state index in [0.29, 0.717) is 19.3 Å². The molecule has 0 fully saturated rings. The van der Waals surface area contributed by atoms with Gasteiger partial charge < -0.3 is 14.2 Å². The average molecular weight is 765 g/mol. The van der Waals surface area contributed by atoms with Gasteiger partial charge in [-0.1, -0.05) is 221 Å². The van der Waals surface area contributed by atoms with Crippen molar-refractivity contribution in [2.24, 2.45) is 11.8 Å². The molecule has 0 bridgehead atoms. The molecule has 0 aliphatic rings. The minimum Gasteiger partial charge on any atom is -0.462 e. The minimum atomic E-state index is -0.761. The Hall–Kier alpha value is -1.59. The first-order valence-electron chi connectivity index (χ1n) is 23.8. The SMILES string of the molecule is CCCCCCCCCCCCCCCCC(=O)O[C@H](COC(=O)CCCCCCCCCCC(C)CC)COC(=O)CCCCCCCCC(C)CC. The van der Waals surface area contributed by atoms with Gasteiger partial charge in [0.15, 0.2) is 6.10 Å². The van der Waals surface area contributed by atoms with Crippen LogP contribution in [0.5, 0.6) is 0 Å². The van der Waals surface area contributed by atoms with Crippen molar-refractivity contribution in [2.75, 3.05) is 13.2 Å². The maximum atomic E-state index is 12.7. The van der Waals surface area contributed by atoms with Crippen molar-refractivity contribution in [1.29, 1.82) is 0 Å². The fraction of sp³-hybridized carbons (Fsp3) is 0.938. The van der Waals surface area contributed by atoms with Crippen molar-refractivity contribution in [1.82, 2.24) is 0 Å². The summed E-state index contributed by atoms with van der Waals surface area (Å²) in [5, 5.41) is 0. The molecule has 0 aliphatic heterocycles. The zero-order valence-corrected chi connectivity index (χ0v) is 36.8. The Morgan fingerprint density at radius 2 is 0.648 bits per heavy atom. The van der Waals surface area contributed by atoms with Gasteiger partial charge in [0.1, 0.15) is 13.2 Å². The fourth-order valence-corrected chi connectivity index (χ4v) is 7.04. The molecule has 0 heterocycles. The first kappa shape index (κ1) is 52.4. The van der Waals surface area contributed by atoms with E-state index in [2.05, 4.69) is 34.6 Å². The highest BCUT2D eigenvalue weighted by molar-refractivity contribution is 5.71. The van der Waals surface area contributed by atoms with Crippen LogP contribution in [0.2, 0.25) is 0 Å². The molecule has 0 rings (SSSR count). The van der Waals surface area contributed by atoms with E-state index < -0.39 is 6.10 Å². The normalized spacial score (nSPS) is 13.1. The number of rotatable bonds is 42. The van der Waals surface area contributed by atoms with Gasteiger partial charge >= 0.3 is 17.9 Å². The molecule has 3 atom stereocenters. The molecule has 0 radical (unpaired) electrons. The number of carbonyl (C=O) groups is 3. The first-order chi connectivity index (χ1) is 26.3. The third-order valence-electron chi connectivity index (χ3n) is 11.4. The van der Waals surface area contributed by atoms with E-state index in [1.165, 1.54) is 148 Å². The van der Waals surface area contributed by atoms with E-state index >= 15 is 0 Å². The lowest BCUT2D eigenvalue weighted by atomic mass is 9.99. The molecule has 0 aromatic rings. The summed E-state index contributed by atoms with van der Waals surface area (Å²) < 4.78 is 16.7. The molecule has 0 N–H and O–H groups in total. The maximum absolute atomic E-state index is 12.7. The monoisotopic (exact) mass is 765 g/mol. The van der Waals surface area contributed by atoms with Crippen LogP contribution in [-0.2, 0) is 28.6 Å². The standard InChI is InChI=1S/C48H92O6/c1-6-9-10-11-12-13-14-15-16-17-18-23-30-35-40-48(51)54-45(42-53-47(50)39-34-29-25-24-27-32-37-44(5)8-3)41-52-46(49)38-33-28-22-20-19-21-26-31-36-43(4)7-2/h43-45H,6-42H2,1-5H3/t43?,44?,45-/m1/s1. The molecule has 0 amide bonds. The van der Waals surface area contributed by atoms with Crippen LogP contribution >= 0.6 is 0 Å². The Balaban J connectivity index is 4.35. The molecular formula is C48H92O6. The number of unbranched alkanes of at least 4 members (excludes halogenated alkanes) is 25. The second kappa shape index (κ2) is 41.1. The van der Waals surface area contributed by atoms with Crippen LogP contribution in [0, 0.1) is 11.8 Å². The Kier molecular flexibility index (Phi) is 39.8. The molecular weight excluding hydrogens is 673 g/mol. The quantitative estimate of drug-likeness (QED) is 0.0350. The minimum absolute atomic E-state index is 0.0656. The van der Waals surface area contributed by atoms with Gasteiger partial charge in [-0.15, -0.1) is 0 Å². The zero-order chi connectivity index (χ0) is 39.7. The van der Waals surface area contributed by atoms with Crippen LogP contribution in [-0.4, -0.2) is 37.2 Å². The Bertz CT molecular complexity index is 828. The molecule has 6 heteroatoms. The summed E-state index contributed by atoms with van der Waals surface area (Å²) in [7, 11) is 0.